The van der Waals surface area contributed by atoms with E-state index in [1.54, 1.807) is 5.32 Å². The number of aromatic nitrogens is 5. The van der Waals surface area contributed by atoms with Crippen molar-refractivity contribution in [3.05, 3.63) is 77.3 Å². The van der Waals surface area contributed by atoms with Crippen molar-refractivity contribution in [2.75, 3.05) is 13.2 Å². The van der Waals surface area contributed by atoms with Gasteiger partial charge in [-0.15, -0.1) is 0 Å². The van der Waals surface area contributed by atoms with Gasteiger partial charge < -0.3 is 15.4 Å². The van der Waals surface area contributed by atoms with Crippen LogP contribution in [-0.2, 0) is 4.74 Å². The van der Waals surface area contributed by atoms with Gasteiger partial charge in [0.05, 0.1) is 17.3 Å². The number of nitrogens with one attached hydrogen (secondary N) is 3. The summed E-state index contributed by atoms with van der Waals surface area (Å²) in [6.07, 6.45) is -4.13. The Morgan fingerprint density at radius 2 is 1.70 bits per heavy atom. The minimum Gasteiger partial charge on any atom is -0.447 e. The number of halogens is 9. The first-order valence-corrected chi connectivity index (χ1v) is 16.4. The van der Waals surface area contributed by atoms with Crippen molar-refractivity contribution < 1.29 is 49.4 Å². The smallest absolute Gasteiger partial charge is 0.411 e. The second-order valence-corrected chi connectivity index (χ2v) is 13.3. The van der Waals surface area contributed by atoms with Crippen molar-refractivity contribution in [3.8, 4) is 22.5 Å². The summed E-state index contributed by atoms with van der Waals surface area (Å²) in [5.41, 5.74) is -3.80. The van der Waals surface area contributed by atoms with Crippen molar-refractivity contribution in [1.29, 1.82) is 5.41 Å². The van der Waals surface area contributed by atoms with Crippen LogP contribution in [0.3, 0.4) is 0 Å². The van der Waals surface area contributed by atoms with Crippen LogP contribution >= 0.6 is 11.6 Å². The Bertz CT molecular complexity index is 1980. The quantitative estimate of drug-likeness (QED) is 0.0710. The number of hydrogen-bond donors (Lipinski definition) is 3. The minimum atomic E-state index is -4.79. The Hall–Kier alpha value is -5.27. The summed E-state index contributed by atoms with van der Waals surface area (Å²) in [7, 11) is 0. The molecule has 2 aromatic carbocycles. The summed E-state index contributed by atoms with van der Waals surface area (Å²) in [4.78, 5) is 31.8. The van der Waals surface area contributed by atoms with Gasteiger partial charge >= 0.3 is 25.4 Å². The predicted molar refractivity (Wildman–Crippen MR) is 178 cm³/mol. The number of carbonyl (C=O) groups is 2. The molecule has 290 valence electrons. The monoisotopic (exact) mass is 789 g/mol. The van der Waals surface area contributed by atoms with Crippen LogP contribution in [0.15, 0.2) is 61.2 Å². The zero-order valence-electron chi connectivity index (χ0n) is 28.4. The van der Waals surface area contributed by atoms with Gasteiger partial charge in [0.15, 0.2) is 11.8 Å². The number of benzene rings is 2. The highest BCUT2D eigenvalue weighted by molar-refractivity contribution is 6.33. The van der Waals surface area contributed by atoms with Crippen molar-refractivity contribution in [1.82, 2.24) is 40.1 Å². The SMILES string of the molecule is CC(C)(F)CCNC(=N)N(C(=O)c1ccc(-c2cnn(C(F)F)c2)cc1)[C@H](COC(=O)NC1(C(F)(F)F)CC1)c1ccc(Cl)c(-c2ncnn2C(F)F)c1. The second kappa shape index (κ2) is 15.6. The summed E-state index contributed by atoms with van der Waals surface area (Å²) in [5, 5.41) is 20.3. The van der Waals surface area contributed by atoms with E-state index in [4.69, 9.17) is 21.7 Å². The standard InChI is InChI=1S/C33H32ClF8N9O3/c1-31(2,39)11-12-44-29(43)50(26(52)19-5-3-18(4-6-19)21-14-46-49(15-21)27(35)36)24(16-54-30(53)48-32(9-10-32)33(40,41)42)20-7-8-23(34)22(13-20)25-45-17-47-51(25)28(37)38/h3-8,13-15,17,24,27-28H,9-12,16H2,1-2H3,(H2,43,44)(H,48,53)/t24-/m1/s1. The molecule has 0 radical (unpaired) electrons. The van der Waals surface area contributed by atoms with Crippen LogP contribution in [0.4, 0.5) is 39.9 Å². The number of hydrogen-bond acceptors (Lipinski definition) is 7. The zero-order chi connectivity index (χ0) is 39.6. The molecular weight excluding hydrogens is 758 g/mol. The van der Waals surface area contributed by atoms with E-state index in [-0.39, 0.29) is 44.9 Å². The van der Waals surface area contributed by atoms with E-state index < -0.39 is 79.8 Å². The summed E-state index contributed by atoms with van der Waals surface area (Å²) < 4.78 is 115. The summed E-state index contributed by atoms with van der Waals surface area (Å²) in [6.45, 7) is -4.58. The molecule has 54 heavy (non-hydrogen) atoms. The molecule has 1 saturated carbocycles. The maximum Gasteiger partial charge on any atom is 0.411 e. The first kappa shape index (κ1) is 39.9. The summed E-state index contributed by atoms with van der Waals surface area (Å²) in [6, 6.07) is 7.60. The maximum absolute atomic E-state index is 14.4. The normalized spacial score (nSPS) is 14.5. The Labute approximate surface area is 306 Å². The van der Waals surface area contributed by atoms with Crippen LogP contribution in [0.5, 0.6) is 0 Å². The molecule has 1 aliphatic rings. The van der Waals surface area contributed by atoms with Crippen LogP contribution in [0.25, 0.3) is 22.5 Å². The number of amides is 2. The number of rotatable bonds is 13. The molecule has 5 rings (SSSR count). The third kappa shape index (κ3) is 9.08. The van der Waals surface area contributed by atoms with Crippen molar-refractivity contribution >= 4 is 29.6 Å². The average Bonchev–Trinajstić information content (AvgIpc) is 3.47. The fourth-order valence-corrected chi connectivity index (χ4v) is 5.52. The molecule has 1 atom stereocenters. The molecule has 2 amide bonds. The van der Waals surface area contributed by atoms with E-state index in [9.17, 15) is 44.7 Å². The van der Waals surface area contributed by atoms with Crippen LogP contribution in [0.1, 0.15) is 68.2 Å². The molecule has 12 nitrogen and oxygen atoms in total. The summed E-state index contributed by atoms with van der Waals surface area (Å²) >= 11 is 6.37. The van der Waals surface area contributed by atoms with Gasteiger partial charge in [0.25, 0.3) is 5.91 Å². The van der Waals surface area contributed by atoms with Gasteiger partial charge in [-0.25, -0.2) is 18.9 Å². The number of ether oxygens (including phenoxy) is 1. The van der Waals surface area contributed by atoms with Crippen LogP contribution < -0.4 is 10.6 Å². The van der Waals surface area contributed by atoms with Crippen LogP contribution in [0.2, 0.25) is 5.02 Å². The largest absolute Gasteiger partial charge is 0.447 e. The fraction of sp³-hybridized carbons (Fsp3) is 0.394. The Morgan fingerprint density at radius 3 is 2.28 bits per heavy atom. The third-order valence-electron chi connectivity index (χ3n) is 8.43. The highest BCUT2D eigenvalue weighted by atomic mass is 35.5. The average molecular weight is 790 g/mol. The maximum atomic E-state index is 14.4. The number of alkyl carbamates (subject to hydrolysis) is 1. The van der Waals surface area contributed by atoms with E-state index in [0.29, 0.717) is 10.2 Å². The lowest BCUT2D eigenvalue weighted by Gasteiger charge is -2.33. The van der Waals surface area contributed by atoms with Crippen LogP contribution in [0, 0.1) is 5.41 Å². The molecule has 0 spiro atoms. The van der Waals surface area contributed by atoms with Gasteiger partial charge in [-0.2, -0.15) is 45.6 Å². The lowest BCUT2D eigenvalue weighted by atomic mass is 10.0. The van der Waals surface area contributed by atoms with Gasteiger partial charge in [-0.1, -0.05) is 29.8 Å². The number of alkyl halides is 8. The number of nitrogens with zero attached hydrogens (tertiary/aromatic N) is 6. The van der Waals surface area contributed by atoms with Gasteiger partial charge in [0.2, 0.25) is 0 Å². The van der Waals surface area contributed by atoms with Crippen molar-refractivity contribution in [3.63, 3.8) is 0 Å². The van der Waals surface area contributed by atoms with E-state index in [2.05, 4.69) is 20.5 Å². The van der Waals surface area contributed by atoms with E-state index in [1.807, 2.05) is 0 Å². The lowest BCUT2D eigenvalue weighted by Crippen LogP contribution is -2.50. The van der Waals surface area contributed by atoms with Crippen molar-refractivity contribution in [2.24, 2.45) is 0 Å². The molecule has 21 heteroatoms. The van der Waals surface area contributed by atoms with E-state index in [1.165, 1.54) is 62.5 Å². The Balaban J connectivity index is 1.56. The predicted octanol–water partition coefficient (Wildman–Crippen LogP) is 7.92. The first-order chi connectivity index (χ1) is 25.3. The second-order valence-electron chi connectivity index (χ2n) is 12.8. The molecule has 4 aromatic rings. The fourth-order valence-electron chi connectivity index (χ4n) is 5.32. The zero-order valence-corrected chi connectivity index (χ0v) is 29.1. The lowest BCUT2D eigenvalue weighted by molar-refractivity contribution is -0.164. The molecule has 2 aromatic heterocycles. The molecular formula is C33H32ClF8N9O3. The van der Waals surface area contributed by atoms with Crippen molar-refractivity contribution in [2.45, 2.75) is 69.6 Å². The van der Waals surface area contributed by atoms with Gasteiger partial charge in [0, 0.05) is 29.4 Å². The summed E-state index contributed by atoms with van der Waals surface area (Å²) in [5.74, 6) is -2.02. The van der Waals surface area contributed by atoms with E-state index in [0.717, 1.165) is 17.4 Å². The van der Waals surface area contributed by atoms with E-state index >= 15 is 0 Å². The number of carbonyl (C=O) groups excluding carboxylic acids is 2. The third-order valence-corrected chi connectivity index (χ3v) is 8.76. The molecule has 1 fully saturated rings. The molecule has 0 saturated heterocycles. The highest BCUT2D eigenvalue weighted by Crippen LogP contribution is 2.49. The molecule has 1 aliphatic carbocycles. The number of guanidine groups is 1. The molecule has 0 aliphatic heterocycles. The Morgan fingerprint density at radius 1 is 1.02 bits per heavy atom. The van der Waals surface area contributed by atoms with Gasteiger partial charge in [-0.05, 0) is 68.5 Å². The first-order valence-electron chi connectivity index (χ1n) is 16.1. The molecule has 3 N–H and O–H groups in total. The Kier molecular flexibility index (Phi) is 11.5. The highest BCUT2D eigenvalue weighted by Gasteiger charge is 2.64. The molecule has 0 bridgehead atoms. The van der Waals surface area contributed by atoms with Crippen LogP contribution in [-0.4, -0.2) is 77.9 Å². The molecule has 0 unspecified atom stereocenters. The van der Waals surface area contributed by atoms with Gasteiger partial charge in [0.1, 0.15) is 24.1 Å². The minimum absolute atomic E-state index is 0.00951. The molecule has 2 heterocycles. The topological polar surface area (TPSA) is 143 Å². The van der Waals surface area contributed by atoms with Gasteiger partial charge in [-0.3, -0.25) is 15.1 Å².